The third-order valence-corrected chi connectivity index (χ3v) is 1.50. The van der Waals surface area contributed by atoms with Crippen molar-refractivity contribution in [1.29, 1.82) is 0 Å². The standard InChI is InChI=1S/C8H11F3O2/c1-4-5(12)8(10,11)6(13)7(2,3)9/h4H2,1-3H3. The lowest BCUT2D eigenvalue weighted by molar-refractivity contribution is -0.163. The molecule has 0 N–H and O–H groups in total. The van der Waals surface area contributed by atoms with Gasteiger partial charge in [0.25, 0.3) is 0 Å². The summed E-state index contributed by atoms with van der Waals surface area (Å²) in [6.45, 7) is 2.59. The van der Waals surface area contributed by atoms with Gasteiger partial charge in [0, 0.05) is 6.42 Å². The fourth-order valence-electron chi connectivity index (χ4n) is 0.722. The number of hydrogen-bond acceptors (Lipinski definition) is 2. The molecule has 0 spiro atoms. The van der Waals surface area contributed by atoms with Crippen LogP contribution in [-0.4, -0.2) is 23.2 Å². The van der Waals surface area contributed by atoms with Gasteiger partial charge < -0.3 is 0 Å². The first-order valence-corrected chi connectivity index (χ1v) is 3.79. The molecule has 0 bridgehead atoms. The number of alkyl halides is 3. The van der Waals surface area contributed by atoms with E-state index in [1.807, 2.05) is 0 Å². The molecule has 0 saturated heterocycles. The van der Waals surface area contributed by atoms with Crippen LogP contribution in [0.25, 0.3) is 0 Å². The highest BCUT2D eigenvalue weighted by molar-refractivity contribution is 6.11. The molecule has 0 rings (SSSR count). The van der Waals surface area contributed by atoms with Crippen LogP contribution >= 0.6 is 0 Å². The molecule has 0 aliphatic rings. The minimum absolute atomic E-state index is 0.491. The molecule has 5 heteroatoms. The summed E-state index contributed by atoms with van der Waals surface area (Å²) in [5, 5.41) is 0. The van der Waals surface area contributed by atoms with Gasteiger partial charge in [-0.15, -0.1) is 0 Å². The summed E-state index contributed by atoms with van der Waals surface area (Å²) in [5.41, 5.74) is -2.69. The normalized spacial score (nSPS) is 12.8. The molecule has 13 heavy (non-hydrogen) atoms. The summed E-state index contributed by atoms with van der Waals surface area (Å²) >= 11 is 0. The molecule has 0 unspecified atom stereocenters. The zero-order valence-electron chi connectivity index (χ0n) is 7.66. The summed E-state index contributed by atoms with van der Waals surface area (Å²) in [6.07, 6.45) is -0.491. The summed E-state index contributed by atoms with van der Waals surface area (Å²) in [7, 11) is 0. The fourth-order valence-corrected chi connectivity index (χ4v) is 0.722. The zero-order chi connectivity index (χ0) is 10.9. The summed E-state index contributed by atoms with van der Waals surface area (Å²) in [4.78, 5) is 21.3. The Labute approximate surface area is 74.1 Å². The van der Waals surface area contributed by atoms with Crippen LogP contribution in [0.15, 0.2) is 0 Å². The molecule has 0 heterocycles. The second kappa shape index (κ2) is 3.47. The second-order valence-electron chi connectivity index (χ2n) is 3.15. The maximum atomic E-state index is 12.8. The minimum atomic E-state index is -4.20. The van der Waals surface area contributed by atoms with E-state index in [2.05, 4.69) is 0 Å². The highest BCUT2D eigenvalue weighted by atomic mass is 19.3. The van der Waals surface area contributed by atoms with E-state index in [1.165, 1.54) is 6.92 Å². The Morgan fingerprint density at radius 3 is 1.77 bits per heavy atom. The fraction of sp³-hybridized carbons (Fsp3) is 0.750. The Kier molecular flexibility index (Phi) is 3.24. The Morgan fingerprint density at radius 1 is 1.15 bits per heavy atom. The molecule has 0 aromatic heterocycles. The topological polar surface area (TPSA) is 34.1 Å². The van der Waals surface area contributed by atoms with Crippen LogP contribution in [0.1, 0.15) is 27.2 Å². The van der Waals surface area contributed by atoms with E-state index in [1.54, 1.807) is 0 Å². The van der Waals surface area contributed by atoms with E-state index in [4.69, 9.17) is 0 Å². The average molecular weight is 196 g/mol. The third-order valence-electron chi connectivity index (χ3n) is 1.50. The van der Waals surface area contributed by atoms with E-state index < -0.39 is 29.6 Å². The highest BCUT2D eigenvalue weighted by Crippen LogP contribution is 2.26. The van der Waals surface area contributed by atoms with Crippen LogP contribution in [0.5, 0.6) is 0 Å². The Morgan fingerprint density at radius 2 is 1.54 bits per heavy atom. The van der Waals surface area contributed by atoms with Gasteiger partial charge in [0.05, 0.1) is 0 Å². The molecule has 0 fully saturated rings. The van der Waals surface area contributed by atoms with Crippen molar-refractivity contribution in [2.75, 3.05) is 0 Å². The van der Waals surface area contributed by atoms with Crippen LogP contribution < -0.4 is 0 Å². The molecule has 76 valence electrons. The van der Waals surface area contributed by atoms with E-state index >= 15 is 0 Å². The van der Waals surface area contributed by atoms with E-state index in [-0.39, 0.29) is 0 Å². The van der Waals surface area contributed by atoms with Gasteiger partial charge in [-0.2, -0.15) is 8.78 Å². The van der Waals surface area contributed by atoms with Gasteiger partial charge >= 0.3 is 5.92 Å². The van der Waals surface area contributed by atoms with Crippen molar-refractivity contribution in [3.05, 3.63) is 0 Å². The van der Waals surface area contributed by atoms with Gasteiger partial charge in [0.15, 0.2) is 5.67 Å². The smallest absolute Gasteiger partial charge is 0.292 e. The highest BCUT2D eigenvalue weighted by Gasteiger charge is 2.52. The molecule has 0 radical (unpaired) electrons. The minimum Gasteiger partial charge on any atom is -0.292 e. The van der Waals surface area contributed by atoms with Gasteiger partial charge in [0.2, 0.25) is 11.6 Å². The first kappa shape index (κ1) is 12.1. The van der Waals surface area contributed by atoms with Crippen LogP contribution in [0.4, 0.5) is 13.2 Å². The molecule has 0 saturated carbocycles. The first-order chi connectivity index (χ1) is 5.64. The number of ketones is 2. The molecule has 0 aliphatic heterocycles. The van der Waals surface area contributed by atoms with Gasteiger partial charge in [-0.25, -0.2) is 4.39 Å². The molecule has 2 nitrogen and oxygen atoms in total. The Hall–Kier alpha value is -0.870. The number of carbonyl (C=O) groups is 2. The molecule has 0 amide bonds. The largest absolute Gasteiger partial charge is 0.365 e. The van der Waals surface area contributed by atoms with E-state index in [0.29, 0.717) is 13.8 Å². The summed E-state index contributed by atoms with van der Waals surface area (Å²) in [6, 6.07) is 0. The lowest BCUT2D eigenvalue weighted by Gasteiger charge is -2.19. The summed E-state index contributed by atoms with van der Waals surface area (Å²) < 4.78 is 38.3. The maximum absolute atomic E-state index is 12.8. The van der Waals surface area contributed by atoms with Crippen LogP contribution in [-0.2, 0) is 9.59 Å². The van der Waals surface area contributed by atoms with Gasteiger partial charge in [-0.3, -0.25) is 9.59 Å². The Bertz CT molecular complexity index is 228. The number of carbonyl (C=O) groups excluding carboxylic acids is 2. The van der Waals surface area contributed by atoms with Crippen molar-refractivity contribution in [2.45, 2.75) is 38.8 Å². The maximum Gasteiger partial charge on any atom is 0.365 e. The number of Topliss-reactive ketones (excluding diaryl/α,β-unsaturated/α-hetero) is 2. The van der Waals surface area contributed by atoms with E-state index in [9.17, 15) is 22.8 Å². The van der Waals surface area contributed by atoms with Crippen molar-refractivity contribution < 1.29 is 22.8 Å². The van der Waals surface area contributed by atoms with Crippen LogP contribution in [0.3, 0.4) is 0 Å². The van der Waals surface area contributed by atoms with Gasteiger partial charge in [0.1, 0.15) is 0 Å². The molecule has 0 aromatic rings. The SMILES string of the molecule is CCC(=O)C(F)(F)C(=O)C(C)(C)F. The molecule has 0 atom stereocenters. The average Bonchev–Trinajstić information content (AvgIpc) is 1.99. The predicted molar refractivity (Wildman–Crippen MR) is 40.4 cm³/mol. The summed E-state index contributed by atoms with van der Waals surface area (Å²) in [5.74, 6) is -7.73. The van der Waals surface area contributed by atoms with Crippen LogP contribution in [0, 0.1) is 0 Å². The van der Waals surface area contributed by atoms with Crippen molar-refractivity contribution >= 4 is 11.6 Å². The van der Waals surface area contributed by atoms with Gasteiger partial charge in [-0.1, -0.05) is 6.92 Å². The zero-order valence-corrected chi connectivity index (χ0v) is 7.66. The number of halogens is 3. The van der Waals surface area contributed by atoms with Gasteiger partial charge in [-0.05, 0) is 13.8 Å². The number of hydrogen-bond donors (Lipinski definition) is 0. The molecule has 0 aliphatic carbocycles. The lowest BCUT2D eigenvalue weighted by atomic mass is 9.96. The van der Waals surface area contributed by atoms with Crippen molar-refractivity contribution in [3.63, 3.8) is 0 Å². The first-order valence-electron chi connectivity index (χ1n) is 3.79. The molecule has 0 aromatic carbocycles. The lowest BCUT2D eigenvalue weighted by Crippen LogP contribution is -2.46. The van der Waals surface area contributed by atoms with Crippen LogP contribution in [0.2, 0.25) is 0 Å². The van der Waals surface area contributed by atoms with Crippen molar-refractivity contribution in [3.8, 4) is 0 Å². The predicted octanol–water partition coefficient (Wildman–Crippen LogP) is 1.92. The molecular formula is C8H11F3O2. The second-order valence-corrected chi connectivity index (χ2v) is 3.15. The number of rotatable bonds is 4. The van der Waals surface area contributed by atoms with Crippen molar-refractivity contribution in [1.82, 2.24) is 0 Å². The monoisotopic (exact) mass is 196 g/mol. The Balaban J connectivity index is 4.85. The van der Waals surface area contributed by atoms with Crippen molar-refractivity contribution in [2.24, 2.45) is 0 Å². The quantitative estimate of drug-likeness (QED) is 0.643. The third kappa shape index (κ3) is 2.54. The molecular weight excluding hydrogens is 185 g/mol. The van der Waals surface area contributed by atoms with E-state index in [0.717, 1.165) is 0 Å².